The molecule has 0 N–H and O–H groups in total. The van der Waals surface area contributed by atoms with Crippen LogP contribution in [0.4, 0.5) is 0 Å². The molecule has 0 saturated heterocycles. The maximum Gasteiger partial charge on any atom is 0.00831 e. The standard InChI is InChI=1S/C10H22BrN/c1-9(2)12(5)7-6-10(3,4)8-11/h9H,6-8H2,1-5H3. The highest BCUT2D eigenvalue weighted by molar-refractivity contribution is 9.09. The zero-order valence-electron chi connectivity index (χ0n) is 9.02. The Bertz CT molecular complexity index is 121. The van der Waals surface area contributed by atoms with E-state index in [0.29, 0.717) is 11.5 Å². The first-order valence-corrected chi connectivity index (χ1v) is 5.77. The van der Waals surface area contributed by atoms with Gasteiger partial charge < -0.3 is 4.90 Å². The molecule has 0 unspecified atom stereocenters. The lowest BCUT2D eigenvalue weighted by molar-refractivity contribution is 0.230. The molecule has 0 heterocycles. The molecule has 2 heteroatoms. The third-order valence-corrected chi connectivity index (χ3v) is 3.90. The van der Waals surface area contributed by atoms with Gasteiger partial charge in [0.15, 0.2) is 0 Å². The van der Waals surface area contributed by atoms with Crippen molar-refractivity contribution in [1.82, 2.24) is 4.90 Å². The largest absolute Gasteiger partial charge is 0.304 e. The summed E-state index contributed by atoms with van der Waals surface area (Å²) in [6.45, 7) is 10.3. The minimum atomic E-state index is 0.434. The summed E-state index contributed by atoms with van der Waals surface area (Å²) in [5, 5.41) is 1.09. The Balaban J connectivity index is 3.67. The number of rotatable bonds is 5. The van der Waals surface area contributed by atoms with Crippen LogP contribution in [0.5, 0.6) is 0 Å². The summed E-state index contributed by atoms with van der Waals surface area (Å²) in [7, 11) is 2.19. The van der Waals surface area contributed by atoms with Crippen LogP contribution in [-0.4, -0.2) is 29.9 Å². The van der Waals surface area contributed by atoms with Gasteiger partial charge in [-0.1, -0.05) is 29.8 Å². The minimum absolute atomic E-state index is 0.434. The van der Waals surface area contributed by atoms with Crippen molar-refractivity contribution in [3.05, 3.63) is 0 Å². The summed E-state index contributed by atoms with van der Waals surface area (Å²) >= 11 is 3.54. The summed E-state index contributed by atoms with van der Waals surface area (Å²) in [5.74, 6) is 0. The Labute approximate surface area is 85.7 Å². The Morgan fingerprint density at radius 3 is 2.17 bits per heavy atom. The zero-order chi connectivity index (χ0) is 9.78. The van der Waals surface area contributed by atoms with Crippen molar-refractivity contribution in [2.45, 2.75) is 40.2 Å². The van der Waals surface area contributed by atoms with E-state index in [1.165, 1.54) is 13.0 Å². The van der Waals surface area contributed by atoms with E-state index in [4.69, 9.17) is 0 Å². The molecular formula is C10H22BrN. The molecule has 0 aliphatic carbocycles. The van der Waals surface area contributed by atoms with Crippen molar-refractivity contribution in [2.24, 2.45) is 5.41 Å². The molecule has 0 fully saturated rings. The molecule has 0 aliphatic heterocycles. The van der Waals surface area contributed by atoms with Crippen molar-refractivity contribution >= 4 is 15.9 Å². The van der Waals surface area contributed by atoms with Crippen molar-refractivity contribution < 1.29 is 0 Å². The highest BCUT2D eigenvalue weighted by Gasteiger charge is 2.16. The lowest BCUT2D eigenvalue weighted by Crippen LogP contribution is -2.30. The van der Waals surface area contributed by atoms with Crippen molar-refractivity contribution in [3.63, 3.8) is 0 Å². The Morgan fingerprint density at radius 2 is 1.83 bits per heavy atom. The second kappa shape index (κ2) is 5.23. The van der Waals surface area contributed by atoms with Crippen molar-refractivity contribution in [3.8, 4) is 0 Å². The molecule has 0 amide bonds. The Hall–Kier alpha value is 0.440. The van der Waals surface area contributed by atoms with Gasteiger partial charge in [-0.15, -0.1) is 0 Å². The molecule has 0 radical (unpaired) electrons. The van der Waals surface area contributed by atoms with E-state index in [-0.39, 0.29) is 0 Å². The number of hydrogen-bond donors (Lipinski definition) is 0. The third-order valence-electron chi connectivity index (χ3n) is 2.38. The molecule has 0 saturated carbocycles. The van der Waals surface area contributed by atoms with Crippen LogP contribution in [-0.2, 0) is 0 Å². The second-order valence-corrected chi connectivity index (χ2v) is 5.18. The van der Waals surface area contributed by atoms with Gasteiger partial charge in [0, 0.05) is 11.4 Å². The fraction of sp³-hybridized carbons (Fsp3) is 1.00. The number of hydrogen-bond acceptors (Lipinski definition) is 1. The fourth-order valence-corrected chi connectivity index (χ4v) is 1.08. The van der Waals surface area contributed by atoms with Gasteiger partial charge in [-0.05, 0) is 39.3 Å². The maximum absolute atomic E-state index is 3.54. The van der Waals surface area contributed by atoms with Crippen LogP contribution in [0.3, 0.4) is 0 Å². The predicted molar refractivity (Wildman–Crippen MR) is 60.0 cm³/mol. The Morgan fingerprint density at radius 1 is 1.33 bits per heavy atom. The summed E-state index contributed by atoms with van der Waals surface area (Å²) in [6, 6.07) is 0.663. The zero-order valence-corrected chi connectivity index (χ0v) is 10.6. The maximum atomic E-state index is 3.54. The first kappa shape index (κ1) is 12.4. The van der Waals surface area contributed by atoms with Gasteiger partial charge in [0.05, 0.1) is 0 Å². The second-order valence-electron chi connectivity index (χ2n) is 4.62. The summed E-state index contributed by atoms with van der Waals surface area (Å²) in [4.78, 5) is 2.39. The van der Waals surface area contributed by atoms with E-state index in [0.717, 1.165) is 5.33 Å². The monoisotopic (exact) mass is 235 g/mol. The lowest BCUT2D eigenvalue weighted by Gasteiger charge is -2.27. The van der Waals surface area contributed by atoms with E-state index in [9.17, 15) is 0 Å². The Kier molecular flexibility index (Phi) is 5.42. The highest BCUT2D eigenvalue weighted by atomic mass is 79.9. The normalized spacial score (nSPS) is 13.0. The molecule has 0 aromatic rings. The molecule has 74 valence electrons. The molecular weight excluding hydrogens is 214 g/mol. The highest BCUT2D eigenvalue weighted by Crippen LogP contribution is 2.23. The van der Waals surface area contributed by atoms with Gasteiger partial charge in [-0.2, -0.15) is 0 Å². The smallest absolute Gasteiger partial charge is 0.00831 e. The van der Waals surface area contributed by atoms with E-state index in [2.05, 4.69) is 55.6 Å². The van der Waals surface area contributed by atoms with Gasteiger partial charge in [0.25, 0.3) is 0 Å². The van der Waals surface area contributed by atoms with Crippen LogP contribution in [0.15, 0.2) is 0 Å². The van der Waals surface area contributed by atoms with E-state index in [1.807, 2.05) is 0 Å². The average molecular weight is 236 g/mol. The van der Waals surface area contributed by atoms with Crippen LogP contribution < -0.4 is 0 Å². The van der Waals surface area contributed by atoms with E-state index < -0.39 is 0 Å². The first-order chi connectivity index (χ1) is 5.39. The van der Waals surface area contributed by atoms with Gasteiger partial charge in [0.1, 0.15) is 0 Å². The van der Waals surface area contributed by atoms with Crippen molar-refractivity contribution in [2.75, 3.05) is 18.9 Å². The first-order valence-electron chi connectivity index (χ1n) is 4.65. The summed E-state index contributed by atoms with van der Waals surface area (Å²) in [5.41, 5.74) is 0.434. The van der Waals surface area contributed by atoms with Gasteiger partial charge in [0.2, 0.25) is 0 Å². The van der Waals surface area contributed by atoms with E-state index >= 15 is 0 Å². The molecule has 12 heavy (non-hydrogen) atoms. The average Bonchev–Trinajstić information content (AvgIpc) is 2.00. The molecule has 0 rings (SSSR count). The molecule has 0 bridgehead atoms. The molecule has 0 spiro atoms. The number of alkyl halides is 1. The van der Waals surface area contributed by atoms with Crippen LogP contribution >= 0.6 is 15.9 Å². The van der Waals surface area contributed by atoms with Crippen molar-refractivity contribution in [1.29, 1.82) is 0 Å². The summed E-state index contributed by atoms with van der Waals surface area (Å²) in [6.07, 6.45) is 1.26. The molecule has 1 nitrogen and oxygen atoms in total. The van der Waals surface area contributed by atoms with E-state index in [1.54, 1.807) is 0 Å². The topological polar surface area (TPSA) is 3.24 Å². The van der Waals surface area contributed by atoms with Crippen LogP contribution in [0.1, 0.15) is 34.1 Å². The van der Waals surface area contributed by atoms with Gasteiger partial charge >= 0.3 is 0 Å². The quantitative estimate of drug-likeness (QED) is 0.663. The summed E-state index contributed by atoms with van der Waals surface area (Å²) < 4.78 is 0. The SMILES string of the molecule is CC(C)N(C)CCC(C)(C)CBr. The van der Waals surface area contributed by atoms with Gasteiger partial charge in [-0.3, -0.25) is 0 Å². The van der Waals surface area contributed by atoms with Gasteiger partial charge in [-0.25, -0.2) is 0 Å². The third kappa shape index (κ3) is 5.15. The minimum Gasteiger partial charge on any atom is -0.304 e. The molecule has 0 aliphatic rings. The molecule has 0 aromatic heterocycles. The number of halogens is 1. The van der Waals surface area contributed by atoms with Crippen LogP contribution in [0.2, 0.25) is 0 Å². The lowest BCUT2D eigenvalue weighted by atomic mass is 9.92. The van der Waals surface area contributed by atoms with Crippen LogP contribution in [0.25, 0.3) is 0 Å². The van der Waals surface area contributed by atoms with Crippen LogP contribution in [0, 0.1) is 5.41 Å². The molecule has 0 atom stereocenters. The number of nitrogens with zero attached hydrogens (tertiary/aromatic N) is 1. The predicted octanol–water partition coefficient (Wildman–Crippen LogP) is 3.14. The molecule has 0 aromatic carbocycles. The fourth-order valence-electron chi connectivity index (χ4n) is 0.804.